The summed E-state index contributed by atoms with van der Waals surface area (Å²) >= 11 is 6.39. The van der Waals surface area contributed by atoms with E-state index in [9.17, 15) is 0 Å². The van der Waals surface area contributed by atoms with Crippen LogP contribution in [0.15, 0.2) is 6.20 Å². The van der Waals surface area contributed by atoms with Crippen molar-refractivity contribution in [1.82, 2.24) is 15.1 Å². The van der Waals surface area contributed by atoms with Crippen LogP contribution in [0, 0.1) is 5.92 Å². The summed E-state index contributed by atoms with van der Waals surface area (Å²) in [5.41, 5.74) is 1.02. The van der Waals surface area contributed by atoms with Crippen LogP contribution < -0.4 is 5.32 Å². The number of hydrogen-bond acceptors (Lipinski definition) is 3. The molecule has 1 aromatic heterocycles. The van der Waals surface area contributed by atoms with Gasteiger partial charge in [-0.15, -0.1) is 0 Å². The average molecular weight is 302 g/mol. The fourth-order valence-corrected chi connectivity index (χ4v) is 2.76. The van der Waals surface area contributed by atoms with Gasteiger partial charge in [-0.2, -0.15) is 5.10 Å². The lowest BCUT2D eigenvalue weighted by Crippen LogP contribution is -2.39. The molecular weight excluding hydrogens is 274 g/mol. The lowest BCUT2D eigenvalue weighted by atomic mass is 9.96. The minimum Gasteiger partial charge on any atom is -0.376 e. The van der Waals surface area contributed by atoms with E-state index in [1.807, 2.05) is 11.6 Å². The normalized spacial score (nSPS) is 15.1. The van der Waals surface area contributed by atoms with Gasteiger partial charge in [0.15, 0.2) is 0 Å². The monoisotopic (exact) mass is 301 g/mol. The first-order valence-electron chi connectivity index (χ1n) is 7.51. The molecule has 4 nitrogen and oxygen atoms in total. The summed E-state index contributed by atoms with van der Waals surface area (Å²) < 4.78 is 7.96. The van der Waals surface area contributed by atoms with Gasteiger partial charge in [0.1, 0.15) is 0 Å². The third-order valence-corrected chi connectivity index (χ3v) is 3.63. The number of hydrogen-bond donors (Lipinski definition) is 1. The van der Waals surface area contributed by atoms with Crippen LogP contribution in [-0.4, -0.2) is 29.0 Å². The molecule has 0 saturated heterocycles. The molecule has 116 valence electrons. The molecular formula is C15H28ClN3O. The van der Waals surface area contributed by atoms with Crippen molar-refractivity contribution in [2.24, 2.45) is 5.92 Å². The fourth-order valence-electron chi connectivity index (χ4n) is 2.51. The Labute approximate surface area is 127 Å². The van der Waals surface area contributed by atoms with E-state index in [1.54, 1.807) is 6.20 Å². The Hall–Kier alpha value is -0.580. The number of rotatable bonds is 8. The van der Waals surface area contributed by atoms with Gasteiger partial charge >= 0.3 is 0 Å². The highest BCUT2D eigenvalue weighted by Gasteiger charge is 2.31. The van der Waals surface area contributed by atoms with Gasteiger partial charge in [-0.3, -0.25) is 4.68 Å². The summed E-state index contributed by atoms with van der Waals surface area (Å²) in [6.45, 7) is 14.3. The second-order valence-corrected chi connectivity index (χ2v) is 6.02. The molecule has 2 atom stereocenters. The molecule has 0 saturated carbocycles. The van der Waals surface area contributed by atoms with Gasteiger partial charge in [-0.25, -0.2) is 0 Å². The van der Waals surface area contributed by atoms with Crippen LogP contribution in [-0.2, 0) is 4.74 Å². The van der Waals surface area contributed by atoms with Gasteiger partial charge in [0.25, 0.3) is 0 Å². The number of nitrogens with zero attached hydrogens (tertiary/aromatic N) is 2. The molecule has 0 aliphatic heterocycles. The average Bonchev–Trinajstić information content (AvgIpc) is 2.75. The van der Waals surface area contributed by atoms with Crippen LogP contribution in [0.1, 0.15) is 59.3 Å². The SMILES string of the molecule is CCNC(c1c(Cl)cnn1C(C)C)C(OCC)C(C)C. The van der Waals surface area contributed by atoms with Crippen molar-refractivity contribution in [2.75, 3.05) is 13.2 Å². The smallest absolute Gasteiger partial charge is 0.0835 e. The van der Waals surface area contributed by atoms with Crippen LogP contribution in [0.5, 0.6) is 0 Å². The van der Waals surface area contributed by atoms with Gasteiger partial charge < -0.3 is 10.1 Å². The highest BCUT2D eigenvalue weighted by atomic mass is 35.5. The van der Waals surface area contributed by atoms with Crippen LogP contribution in [0.3, 0.4) is 0 Å². The molecule has 1 rings (SSSR count). The molecule has 0 bridgehead atoms. The van der Waals surface area contributed by atoms with Crippen molar-refractivity contribution in [3.63, 3.8) is 0 Å². The zero-order chi connectivity index (χ0) is 15.3. The predicted octanol–water partition coefficient (Wildman–Crippen LogP) is 3.83. The first-order valence-corrected chi connectivity index (χ1v) is 7.89. The molecule has 0 aliphatic rings. The maximum Gasteiger partial charge on any atom is 0.0835 e. The molecule has 20 heavy (non-hydrogen) atoms. The lowest BCUT2D eigenvalue weighted by Gasteiger charge is -2.32. The molecule has 0 aromatic carbocycles. The van der Waals surface area contributed by atoms with Gasteiger partial charge in [-0.1, -0.05) is 32.4 Å². The van der Waals surface area contributed by atoms with E-state index in [0.717, 1.165) is 12.2 Å². The quantitative estimate of drug-likeness (QED) is 0.793. The Morgan fingerprint density at radius 1 is 1.30 bits per heavy atom. The molecule has 1 aromatic rings. The summed E-state index contributed by atoms with van der Waals surface area (Å²) in [6, 6.07) is 0.324. The maximum absolute atomic E-state index is 6.39. The molecule has 1 N–H and O–H groups in total. The first-order chi connectivity index (χ1) is 9.43. The molecule has 0 aliphatic carbocycles. The second kappa shape index (κ2) is 8.01. The van der Waals surface area contributed by atoms with E-state index in [0.29, 0.717) is 17.5 Å². The molecule has 2 unspecified atom stereocenters. The zero-order valence-electron chi connectivity index (χ0n) is 13.5. The summed E-state index contributed by atoms with van der Waals surface area (Å²) in [6.07, 6.45) is 1.80. The van der Waals surface area contributed by atoms with Crippen LogP contribution in [0.2, 0.25) is 5.02 Å². The van der Waals surface area contributed by atoms with E-state index in [2.05, 4.69) is 45.0 Å². The van der Waals surface area contributed by atoms with Crippen molar-refractivity contribution in [3.05, 3.63) is 16.9 Å². The second-order valence-electron chi connectivity index (χ2n) is 5.62. The Balaban J connectivity index is 3.21. The Morgan fingerprint density at radius 3 is 2.40 bits per heavy atom. The third-order valence-electron chi connectivity index (χ3n) is 3.34. The number of ether oxygens (including phenoxy) is 1. The number of halogens is 1. The molecule has 0 spiro atoms. The van der Waals surface area contributed by atoms with E-state index in [4.69, 9.17) is 16.3 Å². The maximum atomic E-state index is 6.39. The van der Waals surface area contributed by atoms with Crippen molar-refractivity contribution >= 4 is 11.6 Å². The Bertz CT molecular complexity index is 404. The predicted molar refractivity (Wildman–Crippen MR) is 84.3 cm³/mol. The molecule has 0 radical (unpaired) electrons. The minimum atomic E-state index is 0.0531. The number of aromatic nitrogens is 2. The van der Waals surface area contributed by atoms with Crippen molar-refractivity contribution < 1.29 is 4.74 Å². The van der Waals surface area contributed by atoms with Gasteiger partial charge in [0.2, 0.25) is 0 Å². The van der Waals surface area contributed by atoms with Gasteiger partial charge in [0.05, 0.1) is 29.1 Å². The van der Waals surface area contributed by atoms with Crippen LogP contribution in [0.4, 0.5) is 0 Å². The highest BCUT2D eigenvalue weighted by molar-refractivity contribution is 6.31. The molecule has 1 heterocycles. The van der Waals surface area contributed by atoms with Crippen molar-refractivity contribution in [2.45, 2.75) is 59.7 Å². The van der Waals surface area contributed by atoms with Crippen molar-refractivity contribution in [3.8, 4) is 0 Å². The Morgan fingerprint density at radius 2 is 1.95 bits per heavy atom. The largest absolute Gasteiger partial charge is 0.376 e. The molecule has 0 amide bonds. The minimum absolute atomic E-state index is 0.0531. The summed E-state index contributed by atoms with van der Waals surface area (Å²) in [7, 11) is 0. The topological polar surface area (TPSA) is 39.1 Å². The van der Waals surface area contributed by atoms with Crippen molar-refractivity contribution in [1.29, 1.82) is 0 Å². The van der Waals surface area contributed by atoms with Crippen LogP contribution in [0.25, 0.3) is 0 Å². The first kappa shape index (κ1) is 17.5. The standard InChI is InChI=1S/C15H28ClN3O/c1-7-17-13(15(10(3)4)20-8-2)14-12(16)9-18-19(14)11(5)6/h9-11,13,15,17H,7-8H2,1-6H3. The summed E-state index contributed by atoms with van der Waals surface area (Å²) in [4.78, 5) is 0. The summed E-state index contributed by atoms with van der Waals surface area (Å²) in [5, 5.41) is 8.63. The van der Waals surface area contributed by atoms with Gasteiger partial charge in [0, 0.05) is 12.6 Å². The van der Waals surface area contributed by atoms with Crippen LogP contribution >= 0.6 is 11.6 Å². The molecule has 5 heteroatoms. The lowest BCUT2D eigenvalue weighted by molar-refractivity contribution is 0.000894. The fraction of sp³-hybridized carbons (Fsp3) is 0.800. The molecule has 0 fully saturated rings. The van der Waals surface area contributed by atoms with E-state index in [-0.39, 0.29) is 18.2 Å². The van der Waals surface area contributed by atoms with E-state index < -0.39 is 0 Å². The third kappa shape index (κ3) is 3.96. The van der Waals surface area contributed by atoms with E-state index in [1.165, 1.54) is 0 Å². The number of likely N-dealkylation sites (N-methyl/N-ethyl adjacent to an activating group) is 1. The van der Waals surface area contributed by atoms with E-state index >= 15 is 0 Å². The number of nitrogens with one attached hydrogen (secondary N) is 1. The zero-order valence-corrected chi connectivity index (χ0v) is 14.2. The van der Waals surface area contributed by atoms with Gasteiger partial charge in [-0.05, 0) is 33.2 Å². The Kier molecular flexibility index (Phi) is 7.00. The summed E-state index contributed by atoms with van der Waals surface area (Å²) in [5.74, 6) is 0.394. The highest BCUT2D eigenvalue weighted by Crippen LogP contribution is 2.31.